The van der Waals surface area contributed by atoms with Crippen molar-refractivity contribution in [1.82, 2.24) is 0 Å². The molecule has 0 saturated carbocycles. The first kappa shape index (κ1) is 10.4. The van der Waals surface area contributed by atoms with Crippen molar-refractivity contribution < 1.29 is 9.13 Å². The van der Waals surface area contributed by atoms with E-state index in [4.69, 9.17) is 16.3 Å². The molecule has 0 bridgehead atoms. The third-order valence-corrected chi connectivity index (χ3v) is 3.78. The molecular weight excluding hydrogens is 229 g/mol. The molecule has 0 radical (unpaired) electrons. The first-order chi connectivity index (χ1) is 7.69. The average molecular weight is 242 g/mol. The Morgan fingerprint density at radius 2 is 2.00 bits per heavy atom. The minimum absolute atomic E-state index is 0.170. The Balaban J connectivity index is 1.77. The van der Waals surface area contributed by atoms with Crippen molar-refractivity contribution in [3.8, 4) is 0 Å². The van der Waals surface area contributed by atoms with Gasteiger partial charge >= 0.3 is 0 Å². The quantitative estimate of drug-likeness (QED) is 0.703. The molecule has 3 rings (SSSR count). The zero-order chi connectivity index (χ0) is 11.2. The van der Waals surface area contributed by atoms with Gasteiger partial charge in [0.25, 0.3) is 0 Å². The molecule has 0 unspecified atom stereocenters. The van der Waals surface area contributed by atoms with Crippen LogP contribution in [-0.4, -0.2) is 25.3 Å². The number of hydrogen-bond acceptors (Lipinski definition) is 2. The van der Waals surface area contributed by atoms with E-state index in [1.54, 1.807) is 6.07 Å². The molecule has 86 valence electrons. The van der Waals surface area contributed by atoms with Crippen LogP contribution in [0.4, 0.5) is 10.1 Å². The van der Waals surface area contributed by atoms with Crippen LogP contribution in [0.15, 0.2) is 18.2 Å². The Bertz CT molecular complexity index is 409. The summed E-state index contributed by atoms with van der Waals surface area (Å²) in [5, 5.41) is 0.493. The minimum Gasteiger partial charge on any atom is -0.370 e. The molecule has 2 aliphatic rings. The van der Waals surface area contributed by atoms with Crippen molar-refractivity contribution in [2.45, 2.75) is 18.4 Å². The van der Waals surface area contributed by atoms with Crippen LogP contribution in [-0.2, 0) is 4.74 Å². The Hall–Kier alpha value is -0.800. The summed E-state index contributed by atoms with van der Waals surface area (Å²) in [6.07, 6.45) is 2.08. The Morgan fingerprint density at radius 3 is 2.56 bits per heavy atom. The van der Waals surface area contributed by atoms with E-state index >= 15 is 0 Å². The number of epoxide rings is 1. The second-order valence-corrected chi connectivity index (χ2v) is 4.96. The monoisotopic (exact) mass is 241 g/mol. The summed E-state index contributed by atoms with van der Waals surface area (Å²) in [5.74, 6) is -0.284. The van der Waals surface area contributed by atoms with E-state index in [1.807, 2.05) is 0 Å². The van der Waals surface area contributed by atoms with Crippen LogP contribution in [0, 0.1) is 5.82 Å². The highest BCUT2D eigenvalue weighted by molar-refractivity contribution is 6.33. The molecule has 1 aromatic rings. The standard InChI is InChI=1S/C12H13ClFNO/c13-10-7-9(14)1-2-11(10)15-5-3-12(4-6-15)8-16-12/h1-2,7H,3-6,8H2. The SMILES string of the molecule is Fc1ccc(N2CCC3(CC2)CO3)c(Cl)c1. The third kappa shape index (κ3) is 1.78. The minimum atomic E-state index is -0.284. The van der Waals surface area contributed by atoms with Crippen LogP contribution in [0.1, 0.15) is 12.8 Å². The lowest BCUT2D eigenvalue weighted by molar-refractivity contribution is 0.258. The third-order valence-electron chi connectivity index (χ3n) is 3.48. The smallest absolute Gasteiger partial charge is 0.124 e. The van der Waals surface area contributed by atoms with Gasteiger partial charge < -0.3 is 9.64 Å². The highest BCUT2D eigenvalue weighted by Gasteiger charge is 2.46. The van der Waals surface area contributed by atoms with E-state index in [9.17, 15) is 4.39 Å². The first-order valence-electron chi connectivity index (χ1n) is 5.53. The Labute approximate surface area is 99.0 Å². The van der Waals surface area contributed by atoms with Crippen LogP contribution < -0.4 is 4.90 Å². The van der Waals surface area contributed by atoms with Gasteiger partial charge in [0.05, 0.1) is 22.9 Å². The van der Waals surface area contributed by atoms with E-state index in [0.717, 1.165) is 38.2 Å². The van der Waals surface area contributed by atoms with Gasteiger partial charge in [0.1, 0.15) is 5.82 Å². The van der Waals surface area contributed by atoms with Crippen molar-refractivity contribution in [1.29, 1.82) is 0 Å². The second kappa shape index (κ2) is 3.60. The van der Waals surface area contributed by atoms with E-state index in [1.165, 1.54) is 12.1 Å². The molecule has 4 heteroatoms. The predicted octanol–water partition coefficient (Wildman–Crippen LogP) is 2.85. The first-order valence-corrected chi connectivity index (χ1v) is 5.90. The van der Waals surface area contributed by atoms with Crippen molar-refractivity contribution in [3.63, 3.8) is 0 Å². The number of benzene rings is 1. The molecule has 2 fully saturated rings. The summed E-state index contributed by atoms with van der Waals surface area (Å²) in [4.78, 5) is 2.20. The zero-order valence-corrected chi connectivity index (χ0v) is 9.63. The summed E-state index contributed by atoms with van der Waals surface area (Å²) < 4.78 is 18.4. The van der Waals surface area contributed by atoms with Crippen LogP contribution in [0.2, 0.25) is 5.02 Å². The number of piperidine rings is 1. The van der Waals surface area contributed by atoms with Gasteiger partial charge in [0, 0.05) is 13.1 Å². The summed E-state index contributed by atoms with van der Waals surface area (Å²) in [6.45, 7) is 2.77. The summed E-state index contributed by atoms with van der Waals surface area (Å²) in [7, 11) is 0. The lowest BCUT2D eigenvalue weighted by Gasteiger charge is -2.32. The normalized spacial score (nSPS) is 22.5. The molecule has 0 N–H and O–H groups in total. The lowest BCUT2D eigenvalue weighted by atomic mass is 9.97. The number of ether oxygens (including phenoxy) is 1. The largest absolute Gasteiger partial charge is 0.370 e. The Morgan fingerprint density at radius 1 is 1.31 bits per heavy atom. The van der Waals surface area contributed by atoms with Gasteiger partial charge in [-0.1, -0.05) is 11.6 Å². The number of anilines is 1. The topological polar surface area (TPSA) is 15.8 Å². The van der Waals surface area contributed by atoms with E-state index in [2.05, 4.69) is 4.90 Å². The van der Waals surface area contributed by atoms with Crippen LogP contribution in [0.3, 0.4) is 0 Å². The van der Waals surface area contributed by atoms with E-state index in [-0.39, 0.29) is 11.4 Å². The summed E-state index contributed by atoms with van der Waals surface area (Å²) in [5.41, 5.74) is 1.10. The molecule has 2 nitrogen and oxygen atoms in total. The number of hydrogen-bond donors (Lipinski definition) is 0. The van der Waals surface area contributed by atoms with Gasteiger partial charge in [0.2, 0.25) is 0 Å². The highest BCUT2D eigenvalue weighted by atomic mass is 35.5. The van der Waals surface area contributed by atoms with Gasteiger partial charge in [-0.3, -0.25) is 0 Å². The molecule has 0 aromatic heterocycles. The van der Waals surface area contributed by atoms with Crippen molar-refractivity contribution in [2.24, 2.45) is 0 Å². The Kier molecular flexibility index (Phi) is 2.33. The van der Waals surface area contributed by atoms with Gasteiger partial charge in [-0.2, -0.15) is 0 Å². The van der Waals surface area contributed by atoms with Crippen molar-refractivity contribution in [3.05, 3.63) is 29.0 Å². The van der Waals surface area contributed by atoms with E-state index < -0.39 is 0 Å². The summed E-state index contributed by atoms with van der Waals surface area (Å²) >= 11 is 6.04. The number of halogens is 2. The average Bonchev–Trinajstić information content (AvgIpc) is 3.00. The van der Waals surface area contributed by atoms with Gasteiger partial charge in [-0.25, -0.2) is 4.39 Å². The molecule has 1 spiro atoms. The van der Waals surface area contributed by atoms with Gasteiger partial charge in [0.15, 0.2) is 0 Å². The van der Waals surface area contributed by atoms with Crippen LogP contribution >= 0.6 is 11.6 Å². The van der Waals surface area contributed by atoms with Gasteiger partial charge in [-0.05, 0) is 31.0 Å². The molecule has 2 heterocycles. The molecular formula is C12H13ClFNO. The van der Waals surface area contributed by atoms with Crippen molar-refractivity contribution >= 4 is 17.3 Å². The summed E-state index contributed by atoms with van der Waals surface area (Å²) in [6, 6.07) is 4.58. The van der Waals surface area contributed by atoms with E-state index in [0.29, 0.717) is 5.02 Å². The zero-order valence-electron chi connectivity index (χ0n) is 8.88. The maximum absolute atomic E-state index is 12.9. The lowest BCUT2D eigenvalue weighted by Crippen LogP contribution is -2.37. The maximum Gasteiger partial charge on any atom is 0.124 e. The molecule has 0 amide bonds. The molecule has 2 saturated heterocycles. The fourth-order valence-corrected chi connectivity index (χ4v) is 2.57. The fraction of sp³-hybridized carbons (Fsp3) is 0.500. The molecule has 1 aromatic carbocycles. The molecule has 2 aliphatic heterocycles. The van der Waals surface area contributed by atoms with Crippen LogP contribution in [0.5, 0.6) is 0 Å². The fourth-order valence-electron chi connectivity index (χ4n) is 2.28. The second-order valence-electron chi connectivity index (χ2n) is 4.55. The molecule has 16 heavy (non-hydrogen) atoms. The van der Waals surface area contributed by atoms with Gasteiger partial charge in [-0.15, -0.1) is 0 Å². The number of nitrogens with zero attached hydrogens (tertiary/aromatic N) is 1. The highest BCUT2D eigenvalue weighted by Crippen LogP contribution is 2.40. The molecule has 0 atom stereocenters. The maximum atomic E-state index is 12.9. The molecule has 0 aliphatic carbocycles. The predicted molar refractivity (Wildman–Crippen MR) is 61.5 cm³/mol. The van der Waals surface area contributed by atoms with Crippen molar-refractivity contribution in [2.75, 3.05) is 24.6 Å². The number of rotatable bonds is 1. The van der Waals surface area contributed by atoms with Crippen LogP contribution in [0.25, 0.3) is 0 Å².